The van der Waals surface area contributed by atoms with E-state index < -0.39 is 165 Å². The molecule has 0 aliphatic rings. The molecule has 0 aliphatic carbocycles. The van der Waals surface area contributed by atoms with Crippen molar-refractivity contribution in [3.05, 3.63) is 194 Å². The average molecular weight is 736 g/mol. The standard InChI is InChI=1S/C51H32N4O/c1-3-13-33(14-4-1)34-15-11-16-35(29-34)36-17-12-18-37(30-36)49-52-50(38-26-28-48-44(31-38)43-22-8-10-24-47(43)56-48)54-51(53-49)39-25-27-42-41-21-7-9-23-45(41)55(46(42)32-39)40-19-5-2-6-20-40/h1-32H/i2D,5D,6D,7D,8D,9D,10D,19D,20D,21D,22D,23D,24D,25D,26D,27D,28D,31D,32D. The molecule has 0 aliphatic heterocycles. The van der Waals surface area contributed by atoms with Crippen molar-refractivity contribution < 1.29 is 30.5 Å². The van der Waals surface area contributed by atoms with Crippen molar-refractivity contribution in [3.8, 4) is 62.1 Å². The molecular weight excluding hydrogens is 685 g/mol. The molecule has 5 nitrogen and oxygen atoms in total. The molecule has 3 heterocycles. The van der Waals surface area contributed by atoms with E-state index in [1.807, 2.05) is 60.7 Å². The van der Waals surface area contributed by atoms with Gasteiger partial charge in [0.25, 0.3) is 0 Å². The molecule has 0 atom stereocenters. The fourth-order valence-electron chi connectivity index (χ4n) is 6.69. The number of furan rings is 1. The highest BCUT2D eigenvalue weighted by Crippen LogP contribution is 2.37. The van der Waals surface area contributed by atoms with Crippen LogP contribution in [0.4, 0.5) is 0 Å². The van der Waals surface area contributed by atoms with Crippen LogP contribution in [0, 0.1) is 0 Å². The summed E-state index contributed by atoms with van der Waals surface area (Å²) in [4.78, 5) is 14.1. The molecule has 0 bridgehead atoms. The maximum atomic E-state index is 9.96. The minimum Gasteiger partial charge on any atom is -0.456 e. The molecule has 56 heavy (non-hydrogen) atoms. The second-order valence-electron chi connectivity index (χ2n) is 12.6. The predicted molar refractivity (Wildman–Crippen MR) is 229 cm³/mol. The lowest BCUT2D eigenvalue weighted by Crippen LogP contribution is -2.00. The summed E-state index contributed by atoms with van der Waals surface area (Å²) in [5.74, 6) is -1.22. The zero-order chi connectivity index (χ0) is 53.5. The highest BCUT2D eigenvalue weighted by Gasteiger charge is 2.18. The Hall–Kier alpha value is -7.63. The third-order valence-electron chi connectivity index (χ3n) is 9.26. The second-order valence-corrected chi connectivity index (χ2v) is 12.6. The summed E-state index contributed by atoms with van der Waals surface area (Å²) in [5.41, 5.74) is 0.259. The molecule has 0 fully saturated rings. The van der Waals surface area contributed by atoms with Gasteiger partial charge in [-0.25, -0.2) is 15.0 Å². The highest BCUT2D eigenvalue weighted by molar-refractivity contribution is 6.10. The van der Waals surface area contributed by atoms with Gasteiger partial charge >= 0.3 is 0 Å². The van der Waals surface area contributed by atoms with Gasteiger partial charge in [-0.3, -0.25) is 0 Å². The number of hydrogen-bond acceptors (Lipinski definition) is 4. The van der Waals surface area contributed by atoms with Crippen molar-refractivity contribution in [2.24, 2.45) is 0 Å². The fraction of sp³-hybridized carbons (Fsp3) is 0. The zero-order valence-corrected chi connectivity index (χ0v) is 28.7. The van der Waals surface area contributed by atoms with Crippen molar-refractivity contribution in [2.45, 2.75) is 0 Å². The van der Waals surface area contributed by atoms with Crippen molar-refractivity contribution in [3.63, 3.8) is 0 Å². The molecule has 0 spiro atoms. The zero-order valence-electron chi connectivity index (χ0n) is 47.7. The lowest BCUT2D eigenvalue weighted by Gasteiger charge is -2.11. The first-order chi connectivity index (χ1) is 35.7. The SMILES string of the molecule is [2H]c1c([2H])c([2H])c(-n2c3c([2H])c([2H])c([2H])c([2H])c3c3c([2H])c([2H])c(-c4nc(-c5cccc(-c6cccc(-c7ccccc7)c6)c5)nc(-c5c([2H])c([2H])c6oc7c([2H])c([2H])c([2H])c([2H])c7c6c5[2H])n4)c([2H])c32)c([2H])c1[2H]. The van der Waals surface area contributed by atoms with E-state index in [1.54, 1.807) is 18.2 Å². The lowest BCUT2D eigenvalue weighted by atomic mass is 9.98. The van der Waals surface area contributed by atoms with Gasteiger partial charge in [-0.15, -0.1) is 0 Å². The van der Waals surface area contributed by atoms with Crippen LogP contribution in [0.2, 0.25) is 0 Å². The molecule has 8 aromatic carbocycles. The van der Waals surface area contributed by atoms with Gasteiger partial charge in [-0.2, -0.15) is 0 Å². The summed E-state index contributed by atoms with van der Waals surface area (Å²) in [5, 5.41) is -1.30. The third kappa shape index (κ3) is 5.45. The van der Waals surface area contributed by atoms with Crippen molar-refractivity contribution in [2.75, 3.05) is 0 Å². The van der Waals surface area contributed by atoms with Gasteiger partial charge in [0.15, 0.2) is 17.5 Å². The second kappa shape index (κ2) is 13.0. The largest absolute Gasteiger partial charge is 0.456 e. The summed E-state index contributed by atoms with van der Waals surface area (Å²) in [6, 6.07) is 10.6. The monoisotopic (exact) mass is 735 g/mol. The van der Waals surface area contributed by atoms with Crippen LogP contribution in [0.3, 0.4) is 0 Å². The van der Waals surface area contributed by atoms with Gasteiger partial charge in [0.1, 0.15) is 11.2 Å². The predicted octanol–water partition coefficient (Wildman–Crippen LogP) is 13.2. The number of aromatic nitrogens is 4. The Morgan fingerprint density at radius 2 is 0.946 bits per heavy atom. The van der Waals surface area contributed by atoms with Crippen LogP contribution in [0.5, 0.6) is 0 Å². The highest BCUT2D eigenvalue weighted by atomic mass is 16.3. The van der Waals surface area contributed by atoms with Gasteiger partial charge in [0, 0.05) is 43.9 Å². The molecule has 0 amide bonds. The van der Waals surface area contributed by atoms with Crippen LogP contribution in [0.1, 0.15) is 26.0 Å². The van der Waals surface area contributed by atoms with E-state index in [0.717, 1.165) is 21.3 Å². The molecule has 0 unspecified atom stereocenters. The van der Waals surface area contributed by atoms with Crippen molar-refractivity contribution in [1.82, 2.24) is 19.5 Å². The number of hydrogen-bond donors (Lipinski definition) is 0. The number of benzene rings is 8. The maximum absolute atomic E-state index is 9.96. The number of fused-ring (bicyclic) bond motifs is 6. The molecule has 0 saturated carbocycles. The normalized spacial score (nSPS) is 16.3. The summed E-state index contributed by atoms with van der Waals surface area (Å²) >= 11 is 0. The van der Waals surface area contributed by atoms with Gasteiger partial charge in [-0.1, -0.05) is 133 Å². The number of para-hydroxylation sites is 3. The molecule has 262 valence electrons. The molecular formula is C51H32N4O. The Labute approximate surface area is 349 Å². The minimum absolute atomic E-state index is 0.184. The molecule has 11 aromatic rings. The Morgan fingerprint density at radius 3 is 1.73 bits per heavy atom. The first-order valence-corrected chi connectivity index (χ1v) is 17.2. The lowest BCUT2D eigenvalue weighted by molar-refractivity contribution is 0.669. The van der Waals surface area contributed by atoms with E-state index in [2.05, 4.69) is 4.98 Å². The summed E-state index contributed by atoms with van der Waals surface area (Å²) in [6.07, 6.45) is 0. The molecule has 5 heteroatoms. The van der Waals surface area contributed by atoms with Crippen LogP contribution in [-0.2, 0) is 0 Å². The van der Waals surface area contributed by atoms with Gasteiger partial charge < -0.3 is 8.98 Å². The molecule has 11 rings (SSSR count). The Kier molecular flexibility index (Phi) is 4.22. The van der Waals surface area contributed by atoms with Crippen molar-refractivity contribution >= 4 is 43.7 Å². The van der Waals surface area contributed by atoms with Gasteiger partial charge in [0.05, 0.1) is 37.1 Å². The van der Waals surface area contributed by atoms with Crippen LogP contribution >= 0.6 is 0 Å². The van der Waals surface area contributed by atoms with E-state index in [9.17, 15) is 6.85 Å². The van der Waals surface area contributed by atoms with E-state index in [-0.39, 0.29) is 33.1 Å². The van der Waals surface area contributed by atoms with E-state index in [1.165, 1.54) is 0 Å². The Bertz CT molecular complexity index is 4340. The smallest absolute Gasteiger partial charge is 0.164 e. The summed E-state index contributed by atoms with van der Waals surface area (Å²) in [6.45, 7) is 0. The molecule has 0 radical (unpaired) electrons. The van der Waals surface area contributed by atoms with Crippen molar-refractivity contribution in [1.29, 1.82) is 0 Å². The first-order valence-electron chi connectivity index (χ1n) is 26.7. The van der Waals surface area contributed by atoms with E-state index in [4.69, 9.17) is 33.6 Å². The minimum atomic E-state index is -0.822. The van der Waals surface area contributed by atoms with E-state index in [0.29, 0.717) is 5.56 Å². The molecule has 0 N–H and O–H groups in total. The quantitative estimate of drug-likeness (QED) is 0.171. The van der Waals surface area contributed by atoms with Crippen LogP contribution in [0.15, 0.2) is 198 Å². The summed E-state index contributed by atoms with van der Waals surface area (Å²) < 4.78 is 176. The maximum Gasteiger partial charge on any atom is 0.164 e. The Balaban J connectivity index is 1.26. The topological polar surface area (TPSA) is 56.7 Å². The Morgan fingerprint density at radius 1 is 0.393 bits per heavy atom. The van der Waals surface area contributed by atoms with Crippen LogP contribution in [0.25, 0.3) is 106 Å². The van der Waals surface area contributed by atoms with E-state index >= 15 is 0 Å². The average Bonchev–Trinajstić information content (AvgIpc) is 4.05. The van der Waals surface area contributed by atoms with Gasteiger partial charge in [0.2, 0.25) is 0 Å². The third-order valence-corrected chi connectivity index (χ3v) is 9.26. The number of nitrogens with zero attached hydrogens (tertiary/aromatic N) is 4. The molecule has 0 saturated heterocycles. The first kappa shape index (κ1) is 18.1. The number of rotatable bonds is 6. The van der Waals surface area contributed by atoms with Crippen LogP contribution < -0.4 is 0 Å². The fourth-order valence-corrected chi connectivity index (χ4v) is 6.69. The van der Waals surface area contributed by atoms with Crippen LogP contribution in [-0.4, -0.2) is 19.5 Å². The summed E-state index contributed by atoms with van der Waals surface area (Å²) in [7, 11) is 0. The van der Waals surface area contributed by atoms with Gasteiger partial charge in [-0.05, 0) is 82.7 Å². The molecule has 3 aromatic heterocycles.